The van der Waals surface area contributed by atoms with Crippen LogP contribution in [0.3, 0.4) is 0 Å². The maximum atomic E-state index is 12.5. The predicted molar refractivity (Wildman–Crippen MR) is 64.3 cm³/mol. The van der Waals surface area contributed by atoms with Crippen LogP contribution in [0.15, 0.2) is 24.3 Å². The van der Waals surface area contributed by atoms with Crippen molar-refractivity contribution in [1.29, 1.82) is 0 Å². The molecule has 2 N–H and O–H groups in total. The first kappa shape index (κ1) is 14.8. The Morgan fingerprint density at radius 3 is 2.44 bits per heavy atom. The molecule has 1 aromatic carbocycles. The summed E-state index contributed by atoms with van der Waals surface area (Å²) in [5, 5.41) is 0. The predicted octanol–water partition coefficient (Wildman–Crippen LogP) is 3.32. The van der Waals surface area contributed by atoms with Gasteiger partial charge in [0.25, 0.3) is 0 Å². The van der Waals surface area contributed by atoms with Gasteiger partial charge in [-0.2, -0.15) is 13.2 Å². The Labute approximate surface area is 105 Å². The topological polar surface area (TPSA) is 35.2 Å². The average molecular weight is 261 g/mol. The highest BCUT2D eigenvalue weighted by molar-refractivity contribution is 5.30. The summed E-state index contributed by atoms with van der Waals surface area (Å²) in [5.74, 6) is 0.698. The van der Waals surface area contributed by atoms with Crippen LogP contribution >= 0.6 is 0 Å². The van der Waals surface area contributed by atoms with Crippen LogP contribution < -0.4 is 10.5 Å². The fourth-order valence-electron chi connectivity index (χ4n) is 1.50. The molecule has 1 rings (SSSR count). The lowest BCUT2D eigenvalue weighted by atomic mass is 9.97. The maximum absolute atomic E-state index is 12.5. The molecule has 102 valence electrons. The van der Waals surface area contributed by atoms with E-state index in [2.05, 4.69) is 0 Å². The van der Waals surface area contributed by atoms with E-state index in [1.807, 2.05) is 13.8 Å². The molecule has 18 heavy (non-hydrogen) atoms. The summed E-state index contributed by atoms with van der Waals surface area (Å²) in [6.07, 6.45) is -4.34. The van der Waals surface area contributed by atoms with Gasteiger partial charge in [0.1, 0.15) is 5.75 Å². The van der Waals surface area contributed by atoms with Crippen molar-refractivity contribution in [3.8, 4) is 5.75 Å². The summed E-state index contributed by atoms with van der Waals surface area (Å²) in [6.45, 7) is 4.80. The molecule has 0 saturated heterocycles. The van der Waals surface area contributed by atoms with Crippen LogP contribution in [0.25, 0.3) is 0 Å². The number of ether oxygens (including phenoxy) is 1. The second-order valence-electron chi connectivity index (χ2n) is 4.58. The molecule has 0 aromatic heterocycles. The summed E-state index contributed by atoms with van der Waals surface area (Å²) >= 11 is 0. The summed E-state index contributed by atoms with van der Waals surface area (Å²) in [6, 6.07) is 4.89. The van der Waals surface area contributed by atoms with Crippen molar-refractivity contribution in [3.05, 3.63) is 29.8 Å². The molecule has 2 nitrogen and oxygen atoms in total. The van der Waals surface area contributed by atoms with E-state index in [0.717, 1.165) is 12.1 Å². The molecule has 0 amide bonds. The van der Waals surface area contributed by atoms with Crippen LogP contribution in [0.4, 0.5) is 13.2 Å². The first-order valence-corrected chi connectivity index (χ1v) is 5.84. The first-order chi connectivity index (χ1) is 8.34. The smallest absolute Gasteiger partial charge is 0.416 e. The van der Waals surface area contributed by atoms with Gasteiger partial charge in [-0.1, -0.05) is 19.9 Å². The van der Waals surface area contributed by atoms with Crippen molar-refractivity contribution in [3.63, 3.8) is 0 Å². The van der Waals surface area contributed by atoms with Crippen molar-refractivity contribution in [2.75, 3.05) is 13.2 Å². The zero-order valence-electron chi connectivity index (χ0n) is 10.5. The standard InChI is InChI=1S/C13H18F3NO/c1-9(2)10(7-17)8-18-12-5-3-4-11(6-12)13(14,15)16/h3-6,9-10H,7-8,17H2,1-2H3. The van der Waals surface area contributed by atoms with Gasteiger partial charge in [0, 0.05) is 5.92 Å². The number of benzene rings is 1. The van der Waals surface area contributed by atoms with Gasteiger partial charge in [-0.3, -0.25) is 0 Å². The summed E-state index contributed by atoms with van der Waals surface area (Å²) in [5.41, 5.74) is 4.88. The number of hydrogen-bond acceptors (Lipinski definition) is 2. The molecular formula is C13H18F3NO. The minimum Gasteiger partial charge on any atom is -0.493 e. The molecule has 1 atom stereocenters. The van der Waals surface area contributed by atoms with E-state index in [1.165, 1.54) is 12.1 Å². The first-order valence-electron chi connectivity index (χ1n) is 5.84. The van der Waals surface area contributed by atoms with E-state index in [9.17, 15) is 13.2 Å². The van der Waals surface area contributed by atoms with Gasteiger partial charge < -0.3 is 10.5 Å². The van der Waals surface area contributed by atoms with Gasteiger partial charge in [-0.05, 0) is 30.7 Å². The van der Waals surface area contributed by atoms with Crippen LogP contribution in [-0.4, -0.2) is 13.2 Å². The summed E-state index contributed by atoms with van der Waals surface area (Å²) in [7, 11) is 0. The van der Waals surface area contributed by atoms with Crippen LogP contribution in [-0.2, 0) is 6.18 Å². The molecule has 0 aliphatic carbocycles. The van der Waals surface area contributed by atoms with E-state index in [1.54, 1.807) is 0 Å². The highest BCUT2D eigenvalue weighted by atomic mass is 19.4. The third kappa shape index (κ3) is 4.22. The van der Waals surface area contributed by atoms with Crippen molar-refractivity contribution in [2.24, 2.45) is 17.6 Å². The normalized spacial score (nSPS) is 13.7. The third-order valence-corrected chi connectivity index (χ3v) is 2.87. The second kappa shape index (κ2) is 6.09. The van der Waals surface area contributed by atoms with Crippen LogP contribution in [0.1, 0.15) is 19.4 Å². The van der Waals surface area contributed by atoms with Gasteiger partial charge in [0.05, 0.1) is 12.2 Å². The molecule has 1 unspecified atom stereocenters. The molecule has 0 aliphatic rings. The Bertz CT molecular complexity index is 377. The zero-order valence-corrected chi connectivity index (χ0v) is 10.5. The number of rotatable bonds is 5. The zero-order chi connectivity index (χ0) is 13.8. The van der Waals surface area contributed by atoms with Crippen LogP contribution in [0.2, 0.25) is 0 Å². The average Bonchev–Trinajstić information content (AvgIpc) is 2.28. The molecule has 0 bridgehead atoms. The molecule has 0 spiro atoms. The van der Waals surface area contributed by atoms with Gasteiger partial charge in [0.2, 0.25) is 0 Å². The molecule has 0 aliphatic heterocycles. The molecule has 5 heteroatoms. The monoisotopic (exact) mass is 261 g/mol. The lowest BCUT2D eigenvalue weighted by Gasteiger charge is -2.19. The molecule has 0 saturated carbocycles. The van der Waals surface area contributed by atoms with E-state index in [-0.39, 0.29) is 11.7 Å². The largest absolute Gasteiger partial charge is 0.493 e. The molecule has 0 radical (unpaired) electrons. The fourth-order valence-corrected chi connectivity index (χ4v) is 1.50. The maximum Gasteiger partial charge on any atom is 0.416 e. The Hall–Kier alpha value is -1.23. The Kier molecular flexibility index (Phi) is 5.02. The van der Waals surface area contributed by atoms with Gasteiger partial charge in [-0.25, -0.2) is 0 Å². The number of alkyl halides is 3. The van der Waals surface area contributed by atoms with Crippen molar-refractivity contribution < 1.29 is 17.9 Å². The Morgan fingerprint density at radius 2 is 1.94 bits per heavy atom. The van der Waals surface area contributed by atoms with E-state index < -0.39 is 11.7 Å². The lowest BCUT2D eigenvalue weighted by molar-refractivity contribution is -0.137. The highest BCUT2D eigenvalue weighted by Gasteiger charge is 2.30. The number of halogens is 3. The van der Waals surface area contributed by atoms with Crippen molar-refractivity contribution in [1.82, 2.24) is 0 Å². The lowest BCUT2D eigenvalue weighted by Crippen LogP contribution is -2.26. The quantitative estimate of drug-likeness (QED) is 0.882. The Balaban J connectivity index is 2.68. The second-order valence-corrected chi connectivity index (χ2v) is 4.58. The minimum absolute atomic E-state index is 0.138. The number of nitrogens with two attached hydrogens (primary N) is 1. The van der Waals surface area contributed by atoms with Crippen molar-refractivity contribution in [2.45, 2.75) is 20.0 Å². The molecule has 0 fully saturated rings. The van der Waals surface area contributed by atoms with Gasteiger partial charge >= 0.3 is 6.18 Å². The van der Waals surface area contributed by atoms with Gasteiger partial charge in [-0.15, -0.1) is 0 Å². The SMILES string of the molecule is CC(C)C(CN)COc1cccc(C(F)(F)F)c1. The fraction of sp³-hybridized carbons (Fsp3) is 0.538. The minimum atomic E-state index is -4.34. The van der Waals surface area contributed by atoms with Crippen LogP contribution in [0, 0.1) is 11.8 Å². The van der Waals surface area contributed by atoms with E-state index in [0.29, 0.717) is 19.1 Å². The molecule has 1 aromatic rings. The van der Waals surface area contributed by atoms with Gasteiger partial charge in [0.15, 0.2) is 0 Å². The van der Waals surface area contributed by atoms with Crippen molar-refractivity contribution >= 4 is 0 Å². The molecule has 0 heterocycles. The highest BCUT2D eigenvalue weighted by Crippen LogP contribution is 2.31. The summed E-state index contributed by atoms with van der Waals surface area (Å²) in [4.78, 5) is 0. The summed E-state index contributed by atoms with van der Waals surface area (Å²) < 4.78 is 42.8. The Morgan fingerprint density at radius 1 is 1.28 bits per heavy atom. The van der Waals surface area contributed by atoms with E-state index >= 15 is 0 Å². The third-order valence-electron chi connectivity index (χ3n) is 2.87. The van der Waals surface area contributed by atoms with E-state index in [4.69, 9.17) is 10.5 Å². The number of hydrogen-bond donors (Lipinski definition) is 1. The van der Waals surface area contributed by atoms with Crippen LogP contribution in [0.5, 0.6) is 5.75 Å². The molecular weight excluding hydrogens is 243 g/mol.